The molecule has 0 aromatic carbocycles. The highest BCUT2D eigenvalue weighted by Crippen LogP contribution is 2.24. The fourth-order valence-electron chi connectivity index (χ4n) is 1.78. The van der Waals surface area contributed by atoms with Crippen molar-refractivity contribution in [1.29, 1.82) is 0 Å². The molecule has 3 nitrogen and oxygen atoms in total. The van der Waals surface area contributed by atoms with E-state index in [1.807, 2.05) is 11.3 Å². The number of nitrogens with one attached hydrogen (secondary N) is 1. The Morgan fingerprint density at radius 3 is 2.89 bits per heavy atom. The molecule has 1 N–H and O–H groups in total. The molecule has 0 spiro atoms. The van der Waals surface area contributed by atoms with E-state index in [0.29, 0.717) is 0 Å². The molecule has 18 heavy (non-hydrogen) atoms. The van der Waals surface area contributed by atoms with Gasteiger partial charge in [0.05, 0.1) is 13.2 Å². The second-order valence-electron chi connectivity index (χ2n) is 5.31. The summed E-state index contributed by atoms with van der Waals surface area (Å²) >= 11 is 1.90. The summed E-state index contributed by atoms with van der Waals surface area (Å²) in [6.07, 6.45) is 2.70. The second kappa shape index (κ2) is 6.66. The fraction of sp³-hybridized carbons (Fsp3) is 0.714. The number of hydrogen-bond donors (Lipinski definition) is 1. The highest BCUT2D eigenvalue weighted by molar-refractivity contribution is 7.12. The molecule has 0 aliphatic heterocycles. The van der Waals surface area contributed by atoms with Gasteiger partial charge >= 0.3 is 0 Å². The number of likely N-dealkylation sites (N-methyl/N-ethyl adjacent to an activating group) is 1. The first-order valence-corrected chi connectivity index (χ1v) is 7.51. The summed E-state index contributed by atoms with van der Waals surface area (Å²) in [6.45, 7) is 5.75. The van der Waals surface area contributed by atoms with E-state index in [-0.39, 0.29) is 0 Å². The Morgan fingerprint density at radius 1 is 1.44 bits per heavy atom. The Balaban J connectivity index is 1.73. The lowest BCUT2D eigenvalue weighted by atomic mass is 10.2. The zero-order valence-corrected chi connectivity index (χ0v) is 12.5. The lowest BCUT2D eigenvalue weighted by Gasteiger charge is -2.09. The van der Waals surface area contributed by atoms with E-state index in [0.717, 1.165) is 32.3 Å². The van der Waals surface area contributed by atoms with Gasteiger partial charge in [0.25, 0.3) is 0 Å². The number of aryl methyl sites for hydroxylation is 1. The minimum Gasteiger partial charge on any atom is -0.375 e. The van der Waals surface area contributed by atoms with E-state index >= 15 is 0 Å². The van der Waals surface area contributed by atoms with Gasteiger partial charge in [-0.25, -0.2) is 0 Å². The number of rotatable bonds is 8. The van der Waals surface area contributed by atoms with Crippen LogP contribution in [0.3, 0.4) is 0 Å². The van der Waals surface area contributed by atoms with E-state index in [1.54, 1.807) is 0 Å². The van der Waals surface area contributed by atoms with Crippen molar-refractivity contribution in [1.82, 2.24) is 10.2 Å². The summed E-state index contributed by atoms with van der Waals surface area (Å²) < 4.78 is 5.71. The SMILES string of the molecule is Cc1sc(CNC2CC2)cc1COCCN(C)C. The smallest absolute Gasteiger partial charge is 0.0728 e. The Hall–Kier alpha value is -0.420. The Bertz CT molecular complexity index is 372. The molecular formula is C14H24N2OS. The van der Waals surface area contributed by atoms with Crippen molar-refractivity contribution < 1.29 is 4.74 Å². The third kappa shape index (κ3) is 4.69. The average molecular weight is 268 g/mol. The highest BCUT2D eigenvalue weighted by Gasteiger charge is 2.20. The van der Waals surface area contributed by atoms with Gasteiger partial charge in [-0.2, -0.15) is 0 Å². The van der Waals surface area contributed by atoms with Gasteiger partial charge in [0, 0.05) is 28.9 Å². The molecule has 2 rings (SSSR count). The molecule has 102 valence electrons. The van der Waals surface area contributed by atoms with E-state index in [2.05, 4.69) is 37.3 Å². The maximum Gasteiger partial charge on any atom is 0.0728 e. The summed E-state index contributed by atoms with van der Waals surface area (Å²) in [7, 11) is 4.14. The summed E-state index contributed by atoms with van der Waals surface area (Å²) in [5.41, 5.74) is 1.35. The number of ether oxygens (including phenoxy) is 1. The molecule has 1 aromatic rings. The molecule has 0 radical (unpaired) electrons. The monoisotopic (exact) mass is 268 g/mol. The maximum atomic E-state index is 5.71. The molecule has 1 fully saturated rings. The minimum absolute atomic E-state index is 0.750. The molecule has 0 atom stereocenters. The number of thiophene rings is 1. The number of hydrogen-bond acceptors (Lipinski definition) is 4. The van der Waals surface area contributed by atoms with E-state index in [4.69, 9.17) is 4.74 Å². The van der Waals surface area contributed by atoms with E-state index in [1.165, 1.54) is 28.2 Å². The third-order valence-electron chi connectivity index (χ3n) is 3.15. The lowest BCUT2D eigenvalue weighted by Crippen LogP contribution is -2.17. The van der Waals surface area contributed by atoms with Crippen LogP contribution in [0.5, 0.6) is 0 Å². The molecule has 1 aromatic heterocycles. The summed E-state index contributed by atoms with van der Waals surface area (Å²) in [4.78, 5) is 4.98. The second-order valence-corrected chi connectivity index (χ2v) is 6.65. The topological polar surface area (TPSA) is 24.5 Å². The van der Waals surface area contributed by atoms with Crippen molar-refractivity contribution in [3.63, 3.8) is 0 Å². The molecule has 1 aliphatic rings. The van der Waals surface area contributed by atoms with Crippen LogP contribution in [-0.2, 0) is 17.9 Å². The van der Waals surface area contributed by atoms with Gasteiger partial charge in [-0.05, 0) is 45.5 Å². The van der Waals surface area contributed by atoms with Gasteiger partial charge in [0.2, 0.25) is 0 Å². The first-order valence-electron chi connectivity index (χ1n) is 6.69. The predicted molar refractivity (Wildman–Crippen MR) is 77.1 cm³/mol. The largest absolute Gasteiger partial charge is 0.375 e. The zero-order valence-electron chi connectivity index (χ0n) is 11.7. The van der Waals surface area contributed by atoms with Crippen LogP contribution in [0.1, 0.15) is 28.2 Å². The minimum atomic E-state index is 0.750. The summed E-state index contributed by atoms with van der Waals surface area (Å²) in [6, 6.07) is 3.08. The standard InChI is InChI=1S/C14H24N2OS/c1-11-12(10-17-7-6-16(2)3)8-14(18-11)9-15-13-4-5-13/h8,13,15H,4-7,9-10H2,1-3H3. The van der Waals surface area contributed by atoms with Crippen molar-refractivity contribution in [3.8, 4) is 0 Å². The maximum absolute atomic E-state index is 5.71. The average Bonchev–Trinajstić information content (AvgIpc) is 3.07. The first-order chi connectivity index (χ1) is 8.65. The third-order valence-corrected chi connectivity index (χ3v) is 4.25. The Kier molecular flexibility index (Phi) is 5.18. The van der Waals surface area contributed by atoms with Crippen LogP contribution in [-0.4, -0.2) is 38.2 Å². The Morgan fingerprint density at radius 2 is 2.22 bits per heavy atom. The highest BCUT2D eigenvalue weighted by atomic mass is 32.1. The molecule has 4 heteroatoms. The quantitative estimate of drug-likeness (QED) is 0.733. The predicted octanol–water partition coefficient (Wildman–Crippen LogP) is 2.39. The van der Waals surface area contributed by atoms with E-state index < -0.39 is 0 Å². The fourth-order valence-corrected chi connectivity index (χ4v) is 2.78. The van der Waals surface area contributed by atoms with Crippen LogP contribution in [0.2, 0.25) is 0 Å². The van der Waals surface area contributed by atoms with Gasteiger partial charge < -0.3 is 15.0 Å². The van der Waals surface area contributed by atoms with Gasteiger partial charge in [0.15, 0.2) is 0 Å². The van der Waals surface area contributed by atoms with Crippen molar-refractivity contribution in [2.45, 2.75) is 39.0 Å². The van der Waals surface area contributed by atoms with Crippen molar-refractivity contribution in [2.24, 2.45) is 0 Å². The molecule has 1 saturated carbocycles. The molecular weight excluding hydrogens is 244 g/mol. The Labute approximate surface area is 114 Å². The van der Waals surface area contributed by atoms with Crippen LogP contribution in [0.15, 0.2) is 6.07 Å². The molecule has 0 saturated heterocycles. The molecule has 0 bridgehead atoms. The first kappa shape index (κ1) is 14.0. The van der Waals surface area contributed by atoms with Crippen LogP contribution in [0, 0.1) is 6.92 Å². The molecule has 0 unspecified atom stereocenters. The van der Waals surface area contributed by atoms with Crippen molar-refractivity contribution >= 4 is 11.3 Å². The molecule has 1 heterocycles. The zero-order chi connectivity index (χ0) is 13.0. The molecule has 1 aliphatic carbocycles. The summed E-state index contributed by atoms with van der Waals surface area (Å²) in [5, 5.41) is 3.56. The summed E-state index contributed by atoms with van der Waals surface area (Å²) in [5.74, 6) is 0. The van der Waals surface area contributed by atoms with Gasteiger partial charge in [0.1, 0.15) is 0 Å². The van der Waals surface area contributed by atoms with Crippen LogP contribution >= 0.6 is 11.3 Å². The van der Waals surface area contributed by atoms with Crippen molar-refractivity contribution in [2.75, 3.05) is 27.2 Å². The number of nitrogens with zero attached hydrogens (tertiary/aromatic N) is 1. The molecule has 0 amide bonds. The normalized spacial score (nSPS) is 15.6. The van der Waals surface area contributed by atoms with Crippen LogP contribution < -0.4 is 5.32 Å². The van der Waals surface area contributed by atoms with Gasteiger partial charge in [-0.1, -0.05) is 0 Å². The van der Waals surface area contributed by atoms with Crippen LogP contribution in [0.25, 0.3) is 0 Å². The lowest BCUT2D eigenvalue weighted by molar-refractivity contribution is 0.105. The van der Waals surface area contributed by atoms with Gasteiger partial charge in [-0.15, -0.1) is 11.3 Å². The van der Waals surface area contributed by atoms with Gasteiger partial charge in [-0.3, -0.25) is 0 Å². The van der Waals surface area contributed by atoms with E-state index in [9.17, 15) is 0 Å². The van der Waals surface area contributed by atoms with Crippen molar-refractivity contribution in [3.05, 3.63) is 21.4 Å². The van der Waals surface area contributed by atoms with Crippen LogP contribution in [0.4, 0.5) is 0 Å².